The molecule has 0 aliphatic heterocycles. The van der Waals surface area contributed by atoms with Crippen molar-refractivity contribution in [2.24, 2.45) is 0 Å². The third kappa shape index (κ3) is 1.69. The van der Waals surface area contributed by atoms with E-state index in [0.29, 0.717) is 0 Å². The highest BCUT2D eigenvalue weighted by Gasteiger charge is 2.04. The van der Waals surface area contributed by atoms with E-state index in [1.54, 1.807) is 13.2 Å². The molecule has 0 atom stereocenters. The molecule has 0 saturated heterocycles. The molecule has 0 bridgehead atoms. The second-order valence-electron chi connectivity index (χ2n) is 2.57. The first kappa shape index (κ1) is 9.33. The minimum Gasteiger partial charge on any atom is -0.496 e. The molecule has 0 saturated carbocycles. The number of benzene rings is 1. The molecule has 0 N–H and O–H groups in total. The molecular weight excluding hydrogens is 216 g/mol. The van der Waals surface area contributed by atoms with Gasteiger partial charge in [0.1, 0.15) is 5.75 Å². The molecule has 12 heavy (non-hydrogen) atoms. The zero-order chi connectivity index (χ0) is 9.14. The summed E-state index contributed by atoms with van der Waals surface area (Å²) in [6, 6.07) is 4.03. The monoisotopic (exact) mass is 226 g/mol. The highest BCUT2D eigenvalue weighted by atomic mass is 79.9. The smallest absolute Gasteiger partial charge is 0.127 e. The molecule has 64 valence electrons. The molecule has 0 aliphatic carbocycles. The summed E-state index contributed by atoms with van der Waals surface area (Å²) in [6.07, 6.45) is 1.78. The van der Waals surface area contributed by atoms with Crippen molar-refractivity contribution < 1.29 is 4.74 Å². The van der Waals surface area contributed by atoms with E-state index < -0.39 is 0 Å². The van der Waals surface area contributed by atoms with Crippen molar-refractivity contribution in [3.8, 4) is 5.75 Å². The number of hydrogen-bond donors (Lipinski definition) is 0. The molecule has 0 spiro atoms. The number of ether oxygens (including phenoxy) is 1. The van der Waals surface area contributed by atoms with Crippen LogP contribution in [-0.4, -0.2) is 7.11 Å². The van der Waals surface area contributed by atoms with E-state index in [4.69, 9.17) is 4.74 Å². The average Bonchev–Trinajstić information content (AvgIpc) is 2.03. The zero-order valence-electron chi connectivity index (χ0n) is 7.23. The van der Waals surface area contributed by atoms with Gasteiger partial charge < -0.3 is 4.74 Å². The van der Waals surface area contributed by atoms with Crippen molar-refractivity contribution in [2.75, 3.05) is 7.11 Å². The number of hydrogen-bond acceptors (Lipinski definition) is 1. The quantitative estimate of drug-likeness (QED) is 0.752. The van der Waals surface area contributed by atoms with Crippen LogP contribution in [0.1, 0.15) is 11.1 Å². The van der Waals surface area contributed by atoms with Gasteiger partial charge in [-0.05, 0) is 24.6 Å². The Morgan fingerprint density at radius 1 is 1.50 bits per heavy atom. The summed E-state index contributed by atoms with van der Waals surface area (Å²) in [5.41, 5.74) is 2.17. The number of halogens is 1. The molecule has 0 aromatic heterocycles. The molecule has 1 aromatic carbocycles. The first-order valence-electron chi connectivity index (χ1n) is 3.65. The van der Waals surface area contributed by atoms with Gasteiger partial charge in [-0.25, -0.2) is 0 Å². The maximum absolute atomic E-state index is 5.20. The molecule has 2 heteroatoms. The van der Waals surface area contributed by atoms with E-state index in [-0.39, 0.29) is 0 Å². The topological polar surface area (TPSA) is 9.23 Å². The molecule has 0 radical (unpaired) electrons. The summed E-state index contributed by atoms with van der Waals surface area (Å²) in [4.78, 5) is 0. The fraction of sp³-hybridized carbons (Fsp3) is 0.200. The zero-order valence-corrected chi connectivity index (χ0v) is 8.81. The molecule has 0 amide bonds. The minimum absolute atomic E-state index is 0.858. The molecule has 0 aliphatic rings. The first-order valence-corrected chi connectivity index (χ1v) is 4.45. The SMILES string of the molecule is C=Cc1c(Br)cc(C)cc1OC. The summed E-state index contributed by atoms with van der Waals surface area (Å²) < 4.78 is 6.22. The van der Waals surface area contributed by atoms with Gasteiger partial charge in [-0.2, -0.15) is 0 Å². The Balaban J connectivity index is 3.33. The summed E-state index contributed by atoms with van der Waals surface area (Å²) in [5.74, 6) is 0.858. The van der Waals surface area contributed by atoms with Gasteiger partial charge >= 0.3 is 0 Å². The summed E-state index contributed by atoms with van der Waals surface area (Å²) in [5, 5.41) is 0. The minimum atomic E-state index is 0.858. The highest BCUT2D eigenvalue weighted by molar-refractivity contribution is 9.10. The van der Waals surface area contributed by atoms with Gasteiger partial charge in [0.2, 0.25) is 0 Å². The third-order valence-corrected chi connectivity index (χ3v) is 2.32. The third-order valence-electron chi connectivity index (χ3n) is 1.66. The van der Waals surface area contributed by atoms with E-state index in [1.807, 2.05) is 19.1 Å². The second-order valence-corrected chi connectivity index (χ2v) is 3.42. The van der Waals surface area contributed by atoms with Gasteiger partial charge in [0.15, 0.2) is 0 Å². The number of methoxy groups -OCH3 is 1. The predicted molar refractivity (Wildman–Crippen MR) is 55.5 cm³/mol. The van der Waals surface area contributed by atoms with E-state index in [1.165, 1.54) is 5.56 Å². The molecule has 0 unspecified atom stereocenters. The lowest BCUT2D eigenvalue weighted by Crippen LogP contribution is -1.89. The van der Waals surface area contributed by atoms with E-state index in [9.17, 15) is 0 Å². The lowest BCUT2D eigenvalue weighted by atomic mass is 10.1. The molecular formula is C10H11BrO. The Kier molecular flexibility index (Phi) is 2.93. The molecule has 1 nitrogen and oxygen atoms in total. The van der Waals surface area contributed by atoms with Gasteiger partial charge in [-0.3, -0.25) is 0 Å². The molecule has 1 aromatic rings. The van der Waals surface area contributed by atoms with Crippen LogP contribution in [0, 0.1) is 6.92 Å². The van der Waals surface area contributed by atoms with Gasteiger partial charge in [0.25, 0.3) is 0 Å². The van der Waals surface area contributed by atoms with Crippen molar-refractivity contribution in [1.82, 2.24) is 0 Å². The van der Waals surface area contributed by atoms with Gasteiger partial charge in [-0.15, -0.1) is 0 Å². The second kappa shape index (κ2) is 3.76. The normalized spacial score (nSPS) is 9.58. The van der Waals surface area contributed by atoms with Crippen LogP contribution < -0.4 is 4.74 Å². The maximum atomic E-state index is 5.20. The van der Waals surface area contributed by atoms with Crippen molar-refractivity contribution in [2.45, 2.75) is 6.92 Å². The lowest BCUT2D eigenvalue weighted by molar-refractivity contribution is 0.413. The van der Waals surface area contributed by atoms with Crippen LogP contribution >= 0.6 is 15.9 Å². The fourth-order valence-corrected chi connectivity index (χ4v) is 1.81. The van der Waals surface area contributed by atoms with E-state index in [0.717, 1.165) is 15.8 Å². The van der Waals surface area contributed by atoms with Gasteiger partial charge in [-0.1, -0.05) is 28.6 Å². The maximum Gasteiger partial charge on any atom is 0.127 e. The number of aryl methyl sites for hydroxylation is 1. The Hall–Kier alpha value is -0.760. The van der Waals surface area contributed by atoms with Crippen LogP contribution in [0.25, 0.3) is 6.08 Å². The Bertz CT molecular complexity index is 305. The summed E-state index contributed by atoms with van der Waals surface area (Å²) in [6.45, 7) is 5.75. The highest BCUT2D eigenvalue weighted by Crippen LogP contribution is 2.29. The lowest BCUT2D eigenvalue weighted by Gasteiger charge is -2.07. The van der Waals surface area contributed by atoms with Crippen molar-refractivity contribution in [3.05, 3.63) is 34.3 Å². The molecule has 1 rings (SSSR count). The molecule has 0 fully saturated rings. The van der Waals surface area contributed by atoms with Crippen molar-refractivity contribution in [1.29, 1.82) is 0 Å². The van der Waals surface area contributed by atoms with Gasteiger partial charge in [0.05, 0.1) is 7.11 Å². The Morgan fingerprint density at radius 3 is 2.67 bits per heavy atom. The van der Waals surface area contributed by atoms with Crippen LogP contribution in [0.15, 0.2) is 23.2 Å². The van der Waals surface area contributed by atoms with E-state index in [2.05, 4.69) is 22.5 Å². The van der Waals surface area contributed by atoms with Crippen LogP contribution in [0.4, 0.5) is 0 Å². The summed E-state index contributed by atoms with van der Waals surface area (Å²) in [7, 11) is 1.66. The van der Waals surface area contributed by atoms with Crippen LogP contribution in [-0.2, 0) is 0 Å². The van der Waals surface area contributed by atoms with Gasteiger partial charge in [0, 0.05) is 10.0 Å². The Labute approximate surface area is 81.2 Å². The van der Waals surface area contributed by atoms with Crippen LogP contribution in [0.3, 0.4) is 0 Å². The summed E-state index contributed by atoms with van der Waals surface area (Å²) >= 11 is 3.45. The Morgan fingerprint density at radius 2 is 2.17 bits per heavy atom. The predicted octanol–water partition coefficient (Wildman–Crippen LogP) is 3.41. The first-order chi connectivity index (χ1) is 5.69. The van der Waals surface area contributed by atoms with Crippen LogP contribution in [0.2, 0.25) is 0 Å². The standard InChI is InChI=1S/C10H11BrO/c1-4-8-9(11)5-7(2)6-10(8)12-3/h4-6H,1H2,2-3H3. The van der Waals surface area contributed by atoms with Crippen molar-refractivity contribution in [3.63, 3.8) is 0 Å². The molecule has 0 heterocycles. The average molecular weight is 227 g/mol. The largest absolute Gasteiger partial charge is 0.496 e. The number of rotatable bonds is 2. The van der Waals surface area contributed by atoms with Crippen LogP contribution in [0.5, 0.6) is 5.75 Å². The fourth-order valence-electron chi connectivity index (χ4n) is 1.09. The van der Waals surface area contributed by atoms with Crippen molar-refractivity contribution >= 4 is 22.0 Å². The van der Waals surface area contributed by atoms with E-state index >= 15 is 0 Å².